The van der Waals surface area contributed by atoms with Gasteiger partial charge >= 0.3 is 0 Å². The Hall–Kier alpha value is 0.320. The van der Waals surface area contributed by atoms with Gasteiger partial charge in [0.1, 0.15) is 0 Å². The third-order valence-electron chi connectivity index (χ3n) is 1.26. The van der Waals surface area contributed by atoms with Crippen LogP contribution >= 0.6 is 15.9 Å². The van der Waals surface area contributed by atoms with E-state index in [4.69, 9.17) is 19.3 Å². The zero-order valence-corrected chi connectivity index (χ0v) is 9.62. The van der Waals surface area contributed by atoms with E-state index in [-0.39, 0.29) is 25.8 Å². The minimum atomic E-state index is -0.350. The van der Waals surface area contributed by atoms with E-state index in [1.807, 2.05) is 6.92 Å². The van der Waals surface area contributed by atoms with Gasteiger partial charge in [0, 0.05) is 5.33 Å². The highest BCUT2D eigenvalue weighted by Gasteiger charge is 2.07. The number of ether oxygens (including phenoxy) is 3. The summed E-state index contributed by atoms with van der Waals surface area (Å²) in [7, 11) is 0. The van der Waals surface area contributed by atoms with Gasteiger partial charge in [0.05, 0.1) is 19.8 Å². The molecule has 0 bridgehead atoms. The van der Waals surface area contributed by atoms with Crippen molar-refractivity contribution in [2.75, 3.05) is 25.2 Å². The molecule has 80 valence electrons. The third kappa shape index (κ3) is 8.64. The van der Waals surface area contributed by atoms with E-state index in [1.165, 1.54) is 0 Å². The summed E-state index contributed by atoms with van der Waals surface area (Å²) in [5.41, 5.74) is 0. The Kier molecular flexibility index (Phi) is 9.12. The molecule has 0 aliphatic rings. The molecule has 0 aliphatic carbocycles. The fourth-order valence-corrected chi connectivity index (χ4v) is 0.965. The van der Waals surface area contributed by atoms with Gasteiger partial charge in [-0.25, -0.2) is 0 Å². The van der Waals surface area contributed by atoms with E-state index < -0.39 is 0 Å². The van der Waals surface area contributed by atoms with E-state index in [1.54, 1.807) is 6.92 Å². The van der Waals surface area contributed by atoms with Crippen LogP contribution in [0.5, 0.6) is 0 Å². The molecule has 0 heterocycles. The summed E-state index contributed by atoms with van der Waals surface area (Å²) in [5.74, 6) is 0. The van der Waals surface area contributed by atoms with Gasteiger partial charge in [-0.2, -0.15) is 0 Å². The second kappa shape index (κ2) is 8.90. The van der Waals surface area contributed by atoms with E-state index >= 15 is 0 Å². The fourth-order valence-electron chi connectivity index (χ4n) is 0.778. The minimum absolute atomic E-state index is 0.00430. The zero-order chi connectivity index (χ0) is 10.1. The lowest BCUT2D eigenvalue weighted by molar-refractivity contribution is -0.231. The van der Waals surface area contributed by atoms with Gasteiger partial charge in [-0.15, -0.1) is 0 Å². The number of halogens is 1. The van der Waals surface area contributed by atoms with Crippen molar-refractivity contribution < 1.29 is 19.3 Å². The summed E-state index contributed by atoms with van der Waals surface area (Å²) in [5, 5.41) is 9.26. The Balaban J connectivity index is 3.35. The first-order valence-electron chi connectivity index (χ1n) is 4.26. The van der Waals surface area contributed by atoms with Crippen molar-refractivity contribution in [3.8, 4) is 0 Å². The highest BCUT2D eigenvalue weighted by Crippen LogP contribution is 2.01. The lowest BCUT2D eigenvalue weighted by Crippen LogP contribution is -2.23. The normalized spacial score (nSPS) is 15.7. The van der Waals surface area contributed by atoms with E-state index in [0.717, 1.165) is 5.33 Å². The summed E-state index contributed by atoms with van der Waals surface area (Å²) in [6, 6.07) is 0. The predicted molar refractivity (Wildman–Crippen MR) is 52.8 cm³/mol. The molecule has 2 unspecified atom stereocenters. The summed E-state index contributed by atoms with van der Waals surface area (Å²) >= 11 is 3.24. The molecule has 4 nitrogen and oxygen atoms in total. The fraction of sp³-hybridized carbons (Fsp3) is 1.00. The molecule has 0 aromatic heterocycles. The molecule has 0 saturated carbocycles. The number of alkyl halides is 1. The van der Waals surface area contributed by atoms with Crippen LogP contribution in [0.15, 0.2) is 0 Å². The molecular weight excluding hydrogens is 240 g/mol. The molecule has 13 heavy (non-hydrogen) atoms. The highest BCUT2D eigenvalue weighted by molar-refractivity contribution is 9.09. The van der Waals surface area contributed by atoms with Crippen molar-refractivity contribution in [1.29, 1.82) is 0 Å². The molecular formula is C8H17BrO4. The topological polar surface area (TPSA) is 47.9 Å². The average Bonchev–Trinajstić information content (AvgIpc) is 2.11. The molecule has 0 saturated heterocycles. The van der Waals surface area contributed by atoms with Crippen LogP contribution in [0.3, 0.4) is 0 Å². The van der Waals surface area contributed by atoms with Gasteiger partial charge in [0.15, 0.2) is 12.6 Å². The molecule has 0 aromatic carbocycles. The summed E-state index contributed by atoms with van der Waals surface area (Å²) in [6.45, 7) is 4.47. The Morgan fingerprint density at radius 1 is 1.15 bits per heavy atom. The molecule has 0 aliphatic heterocycles. The van der Waals surface area contributed by atoms with Crippen molar-refractivity contribution in [1.82, 2.24) is 0 Å². The standard InChI is InChI=1S/C8H17BrO4/c1-7(11-5-3-9)13-8(2)12-6-4-10/h7-8,10H,3-6H2,1-2H3. The van der Waals surface area contributed by atoms with E-state index in [0.29, 0.717) is 6.61 Å². The first kappa shape index (κ1) is 13.3. The molecule has 1 N–H and O–H groups in total. The number of rotatable bonds is 8. The average molecular weight is 257 g/mol. The number of aliphatic hydroxyl groups is 1. The maximum atomic E-state index is 8.47. The van der Waals surface area contributed by atoms with Gasteiger partial charge in [-0.05, 0) is 13.8 Å². The Morgan fingerprint density at radius 2 is 1.69 bits per heavy atom. The van der Waals surface area contributed by atoms with Gasteiger partial charge < -0.3 is 19.3 Å². The third-order valence-corrected chi connectivity index (χ3v) is 1.58. The number of aliphatic hydroxyl groups excluding tert-OH is 1. The molecule has 0 amide bonds. The first-order valence-corrected chi connectivity index (χ1v) is 5.38. The molecule has 0 rings (SSSR count). The maximum Gasteiger partial charge on any atom is 0.158 e. The summed E-state index contributed by atoms with van der Waals surface area (Å²) < 4.78 is 15.6. The lowest BCUT2D eigenvalue weighted by Gasteiger charge is -2.18. The van der Waals surface area contributed by atoms with Crippen LogP contribution in [0.1, 0.15) is 13.8 Å². The van der Waals surface area contributed by atoms with Gasteiger partial charge in [0.25, 0.3) is 0 Å². The van der Waals surface area contributed by atoms with Crippen LogP contribution in [0, 0.1) is 0 Å². The largest absolute Gasteiger partial charge is 0.394 e. The van der Waals surface area contributed by atoms with Crippen LogP contribution in [-0.4, -0.2) is 42.8 Å². The van der Waals surface area contributed by atoms with Crippen molar-refractivity contribution >= 4 is 15.9 Å². The van der Waals surface area contributed by atoms with Crippen LogP contribution < -0.4 is 0 Å². The smallest absolute Gasteiger partial charge is 0.158 e. The second-order valence-corrected chi connectivity index (χ2v) is 3.22. The Labute approximate surface area is 87.3 Å². The van der Waals surface area contributed by atoms with Crippen LogP contribution in [0.4, 0.5) is 0 Å². The Morgan fingerprint density at radius 3 is 2.15 bits per heavy atom. The SMILES string of the molecule is CC(OCCO)OC(C)OCCBr. The monoisotopic (exact) mass is 256 g/mol. The van der Waals surface area contributed by atoms with Crippen LogP contribution in [-0.2, 0) is 14.2 Å². The maximum absolute atomic E-state index is 8.47. The molecule has 0 spiro atoms. The number of hydrogen-bond donors (Lipinski definition) is 1. The second-order valence-electron chi connectivity index (χ2n) is 2.43. The zero-order valence-electron chi connectivity index (χ0n) is 8.03. The van der Waals surface area contributed by atoms with Crippen molar-refractivity contribution in [2.45, 2.75) is 26.4 Å². The summed E-state index contributed by atoms with van der Waals surface area (Å²) in [6.07, 6.45) is -0.635. The van der Waals surface area contributed by atoms with E-state index in [2.05, 4.69) is 15.9 Å². The highest BCUT2D eigenvalue weighted by atomic mass is 79.9. The molecule has 0 fully saturated rings. The van der Waals surface area contributed by atoms with Gasteiger partial charge in [0.2, 0.25) is 0 Å². The molecule has 5 heteroatoms. The van der Waals surface area contributed by atoms with Crippen molar-refractivity contribution in [3.63, 3.8) is 0 Å². The van der Waals surface area contributed by atoms with Crippen molar-refractivity contribution in [3.05, 3.63) is 0 Å². The first-order chi connectivity index (χ1) is 6.20. The molecule has 0 radical (unpaired) electrons. The lowest BCUT2D eigenvalue weighted by atomic mass is 10.6. The quantitative estimate of drug-likeness (QED) is 0.523. The van der Waals surface area contributed by atoms with Crippen LogP contribution in [0.2, 0.25) is 0 Å². The predicted octanol–water partition coefficient (Wildman–Crippen LogP) is 1.12. The summed E-state index contributed by atoms with van der Waals surface area (Å²) in [4.78, 5) is 0. The van der Waals surface area contributed by atoms with Gasteiger partial charge in [-0.1, -0.05) is 15.9 Å². The van der Waals surface area contributed by atoms with E-state index in [9.17, 15) is 0 Å². The molecule has 0 aromatic rings. The molecule has 2 atom stereocenters. The van der Waals surface area contributed by atoms with Gasteiger partial charge in [-0.3, -0.25) is 0 Å². The number of hydrogen-bond acceptors (Lipinski definition) is 4. The van der Waals surface area contributed by atoms with Crippen LogP contribution in [0.25, 0.3) is 0 Å². The van der Waals surface area contributed by atoms with Crippen molar-refractivity contribution in [2.24, 2.45) is 0 Å². The Bertz CT molecular complexity index is 100. The minimum Gasteiger partial charge on any atom is -0.394 e.